The number of carbonyl (C=O) groups is 2. The molecule has 6 nitrogen and oxygen atoms in total. The summed E-state index contributed by atoms with van der Waals surface area (Å²) in [5.41, 5.74) is 8.99. The van der Waals surface area contributed by atoms with Crippen molar-refractivity contribution in [2.24, 2.45) is 11.1 Å². The molecule has 0 aromatic heterocycles. The van der Waals surface area contributed by atoms with Crippen molar-refractivity contribution in [1.29, 1.82) is 0 Å². The molecule has 8 heteroatoms. The highest BCUT2D eigenvalue weighted by Crippen LogP contribution is 2.37. The van der Waals surface area contributed by atoms with E-state index in [9.17, 15) is 9.59 Å². The van der Waals surface area contributed by atoms with Gasteiger partial charge in [0.1, 0.15) is 0 Å². The minimum Gasteiger partial charge on any atom is -0.463 e. The summed E-state index contributed by atoms with van der Waals surface area (Å²) in [6.45, 7) is 9.37. The number of halogens is 2. The van der Waals surface area contributed by atoms with Crippen LogP contribution in [0.25, 0.3) is 0 Å². The first kappa shape index (κ1) is 28.4. The topological polar surface area (TPSA) is 90.6 Å². The zero-order valence-electron chi connectivity index (χ0n) is 20.6. The molecule has 0 saturated carbocycles. The molecule has 0 unspecified atom stereocenters. The van der Waals surface area contributed by atoms with Crippen LogP contribution in [0.1, 0.15) is 52.5 Å². The van der Waals surface area contributed by atoms with Crippen LogP contribution in [0.4, 0.5) is 0 Å². The van der Waals surface area contributed by atoms with Crippen molar-refractivity contribution in [3.8, 4) is 0 Å². The fourth-order valence-electron chi connectivity index (χ4n) is 4.11. The molecule has 1 aromatic carbocycles. The number of Topliss-reactive ketones (excluding diaryl/α,β-unsaturated/α-hetero) is 1. The third kappa shape index (κ3) is 7.84. The van der Waals surface area contributed by atoms with Crippen LogP contribution in [0.5, 0.6) is 0 Å². The van der Waals surface area contributed by atoms with Gasteiger partial charge in [-0.3, -0.25) is 4.79 Å². The zero-order chi connectivity index (χ0) is 25.3. The number of nitrogens with one attached hydrogen (secondary N) is 1. The van der Waals surface area contributed by atoms with E-state index in [4.69, 9.17) is 38.4 Å². The normalized spacial score (nSPS) is 16.4. The molecular formula is C26H36Cl2N2O4. The number of ether oxygens (including phenoxy) is 2. The molecule has 0 radical (unpaired) electrons. The van der Waals surface area contributed by atoms with Crippen LogP contribution in [0, 0.1) is 5.41 Å². The highest BCUT2D eigenvalue weighted by molar-refractivity contribution is 6.36. The van der Waals surface area contributed by atoms with Gasteiger partial charge in [0.15, 0.2) is 5.78 Å². The Bertz CT molecular complexity index is 934. The van der Waals surface area contributed by atoms with E-state index in [2.05, 4.69) is 19.2 Å². The van der Waals surface area contributed by atoms with Gasteiger partial charge >= 0.3 is 5.97 Å². The van der Waals surface area contributed by atoms with E-state index >= 15 is 0 Å². The maximum Gasteiger partial charge on any atom is 0.334 e. The van der Waals surface area contributed by atoms with Gasteiger partial charge < -0.3 is 20.5 Å². The maximum absolute atomic E-state index is 13.0. The number of nitrogens with two attached hydrogens (primary N) is 1. The first-order valence-corrected chi connectivity index (χ1v) is 12.5. The number of ketones is 1. The van der Waals surface area contributed by atoms with Crippen molar-refractivity contribution < 1.29 is 19.1 Å². The number of carbonyl (C=O) groups excluding carboxylic acids is 2. The summed E-state index contributed by atoms with van der Waals surface area (Å²) < 4.78 is 11.1. The first-order valence-electron chi connectivity index (χ1n) is 11.7. The molecule has 188 valence electrons. The minimum atomic E-state index is -0.448. The monoisotopic (exact) mass is 510 g/mol. The number of rotatable bonds is 12. The summed E-state index contributed by atoms with van der Waals surface area (Å²) in [4.78, 5) is 25.7. The van der Waals surface area contributed by atoms with E-state index < -0.39 is 5.97 Å². The largest absolute Gasteiger partial charge is 0.463 e. The second kappa shape index (κ2) is 13.3. The Morgan fingerprint density at radius 2 is 1.85 bits per heavy atom. The van der Waals surface area contributed by atoms with E-state index in [1.807, 2.05) is 6.92 Å². The van der Waals surface area contributed by atoms with E-state index in [-0.39, 0.29) is 30.8 Å². The summed E-state index contributed by atoms with van der Waals surface area (Å²) >= 11 is 12.8. The van der Waals surface area contributed by atoms with E-state index in [0.29, 0.717) is 59.3 Å². The number of allylic oxidation sites excluding steroid dienone is 2. The number of benzene rings is 1. The fraction of sp³-hybridized carbons (Fsp3) is 0.538. The van der Waals surface area contributed by atoms with Gasteiger partial charge in [0, 0.05) is 52.8 Å². The third-order valence-corrected chi connectivity index (χ3v) is 6.47. The predicted octanol–water partition coefficient (Wildman–Crippen LogP) is 5.01. The van der Waals surface area contributed by atoms with Crippen molar-refractivity contribution in [3.05, 3.63) is 56.2 Å². The van der Waals surface area contributed by atoms with E-state index in [1.54, 1.807) is 25.1 Å². The lowest BCUT2D eigenvalue weighted by atomic mass is 9.75. The SMILES string of the molecule is CCOC(=O)/C(Cc1c(Cl)cccc1Cl)=C(/CNC1=C(CC)C(=O)CC(C)(C)C1)COCCN. The number of esters is 1. The second-order valence-corrected chi connectivity index (χ2v) is 9.94. The van der Waals surface area contributed by atoms with Crippen LogP contribution in [-0.4, -0.2) is 44.7 Å². The molecule has 0 saturated heterocycles. The van der Waals surface area contributed by atoms with Crippen molar-refractivity contribution >= 4 is 35.0 Å². The Kier molecular flexibility index (Phi) is 11.1. The molecule has 1 aromatic rings. The molecule has 1 aliphatic carbocycles. The van der Waals surface area contributed by atoms with Crippen LogP contribution in [0.15, 0.2) is 40.6 Å². The fourth-order valence-corrected chi connectivity index (χ4v) is 4.64. The van der Waals surface area contributed by atoms with Gasteiger partial charge in [-0.25, -0.2) is 4.79 Å². The molecule has 0 amide bonds. The second-order valence-electron chi connectivity index (χ2n) is 9.13. The molecule has 3 N–H and O–H groups in total. The average molecular weight is 511 g/mol. The number of hydrogen-bond acceptors (Lipinski definition) is 6. The van der Waals surface area contributed by atoms with E-state index in [1.165, 1.54) is 0 Å². The summed E-state index contributed by atoms with van der Waals surface area (Å²) in [6, 6.07) is 5.24. The molecule has 0 atom stereocenters. The molecular weight excluding hydrogens is 475 g/mol. The van der Waals surface area contributed by atoms with Gasteiger partial charge in [0.2, 0.25) is 0 Å². The van der Waals surface area contributed by atoms with Crippen LogP contribution in [0.3, 0.4) is 0 Å². The molecule has 0 bridgehead atoms. The average Bonchev–Trinajstić information content (AvgIpc) is 2.75. The quantitative estimate of drug-likeness (QED) is 0.233. The highest BCUT2D eigenvalue weighted by Gasteiger charge is 2.32. The first-order chi connectivity index (χ1) is 16.1. The lowest BCUT2D eigenvalue weighted by Crippen LogP contribution is -2.33. The lowest BCUT2D eigenvalue weighted by Gasteiger charge is -2.33. The van der Waals surface area contributed by atoms with Crippen molar-refractivity contribution in [2.45, 2.75) is 53.4 Å². The van der Waals surface area contributed by atoms with Gasteiger partial charge in [-0.1, -0.05) is 50.0 Å². The van der Waals surface area contributed by atoms with Gasteiger partial charge in [0.05, 0.1) is 19.8 Å². The van der Waals surface area contributed by atoms with Crippen LogP contribution in [0.2, 0.25) is 10.0 Å². The molecule has 0 heterocycles. The molecule has 0 spiro atoms. The van der Waals surface area contributed by atoms with Gasteiger partial charge in [0.25, 0.3) is 0 Å². The summed E-state index contributed by atoms with van der Waals surface area (Å²) in [7, 11) is 0. The van der Waals surface area contributed by atoms with E-state index in [0.717, 1.165) is 17.7 Å². The lowest BCUT2D eigenvalue weighted by molar-refractivity contribution is -0.138. The Morgan fingerprint density at radius 3 is 2.44 bits per heavy atom. The van der Waals surface area contributed by atoms with Crippen molar-refractivity contribution in [2.75, 3.05) is 32.9 Å². The number of hydrogen-bond donors (Lipinski definition) is 2. The smallest absolute Gasteiger partial charge is 0.334 e. The molecule has 34 heavy (non-hydrogen) atoms. The molecule has 0 aliphatic heterocycles. The van der Waals surface area contributed by atoms with Crippen molar-refractivity contribution in [1.82, 2.24) is 5.32 Å². The summed E-state index contributed by atoms with van der Waals surface area (Å²) in [5.74, 6) is -0.281. The molecule has 1 aliphatic rings. The maximum atomic E-state index is 13.0. The molecule has 0 fully saturated rings. The van der Waals surface area contributed by atoms with Crippen LogP contribution >= 0.6 is 23.2 Å². The van der Waals surface area contributed by atoms with Crippen LogP contribution in [-0.2, 0) is 25.5 Å². The highest BCUT2D eigenvalue weighted by atomic mass is 35.5. The molecule has 2 rings (SSSR count). The Labute approximate surface area is 212 Å². The zero-order valence-corrected chi connectivity index (χ0v) is 22.1. The van der Waals surface area contributed by atoms with Gasteiger partial charge in [-0.05, 0) is 48.4 Å². The Hall–Kier alpha value is -1.86. The Morgan fingerprint density at radius 1 is 1.18 bits per heavy atom. The summed E-state index contributed by atoms with van der Waals surface area (Å²) in [5, 5.41) is 4.39. The van der Waals surface area contributed by atoms with Crippen molar-refractivity contribution in [3.63, 3.8) is 0 Å². The standard InChI is InChI=1S/C26H36Cl2N2O4/c1-5-18-23(13-26(3,4)14-24(18)31)30-15-17(16-33-11-10-29)19(25(32)34-6-2)12-20-21(27)8-7-9-22(20)28/h7-9,30H,5-6,10-16,29H2,1-4H3/b19-17-. The van der Waals surface area contributed by atoms with Crippen LogP contribution < -0.4 is 11.1 Å². The summed E-state index contributed by atoms with van der Waals surface area (Å²) in [6.07, 6.45) is 2.14. The minimum absolute atomic E-state index is 0.132. The van der Waals surface area contributed by atoms with Gasteiger partial charge in [-0.15, -0.1) is 0 Å². The third-order valence-electron chi connectivity index (χ3n) is 5.77. The van der Waals surface area contributed by atoms with Gasteiger partial charge in [-0.2, -0.15) is 0 Å². The predicted molar refractivity (Wildman–Crippen MR) is 137 cm³/mol. The Balaban J connectivity index is 2.47.